The van der Waals surface area contributed by atoms with E-state index in [1.807, 2.05) is 6.07 Å². The summed E-state index contributed by atoms with van der Waals surface area (Å²) in [6.45, 7) is 0.0416. The van der Waals surface area contributed by atoms with Crippen molar-refractivity contribution >= 4 is 24.5 Å². The molecule has 2 aromatic carbocycles. The summed E-state index contributed by atoms with van der Waals surface area (Å²) in [5, 5.41) is 12.8. The molecule has 0 aliphatic heterocycles. The number of nitro groups is 1. The van der Waals surface area contributed by atoms with Gasteiger partial charge in [0.15, 0.2) is 0 Å². The van der Waals surface area contributed by atoms with Gasteiger partial charge in [0.2, 0.25) is 7.37 Å². The molecule has 126 valence electrons. The summed E-state index contributed by atoms with van der Waals surface area (Å²) in [7, 11) is -3.88. The number of hydrogen-bond acceptors (Lipinski definition) is 5. The van der Waals surface area contributed by atoms with E-state index >= 15 is 0 Å². The van der Waals surface area contributed by atoms with Crippen LogP contribution in [0.3, 0.4) is 0 Å². The van der Waals surface area contributed by atoms with Gasteiger partial charge in [0.05, 0.1) is 4.92 Å². The number of carbonyl (C=O) groups is 1. The molecule has 0 fully saturated rings. The summed E-state index contributed by atoms with van der Waals surface area (Å²) >= 11 is 0. The van der Waals surface area contributed by atoms with E-state index in [0.717, 1.165) is 17.7 Å². The zero-order valence-corrected chi connectivity index (χ0v) is 13.4. The highest BCUT2D eigenvalue weighted by molar-refractivity contribution is 7.66. The molecule has 0 radical (unpaired) electrons. The number of benzene rings is 2. The van der Waals surface area contributed by atoms with E-state index in [1.165, 1.54) is 12.1 Å². The molecule has 1 atom stereocenters. The molecule has 1 unspecified atom stereocenters. The van der Waals surface area contributed by atoms with Crippen molar-refractivity contribution in [1.29, 1.82) is 0 Å². The molecule has 1 amide bonds. The molecule has 2 N–H and O–H groups in total. The van der Waals surface area contributed by atoms with E-state index < -0.39 is 24.7 Å². The van der Waals surface area contributed by atoms with Crippen molar-refractivity contribution in [3.8, 4) is 0 Å². The quantitative estimate of drug-likeness (QED) is 0.469. The molecule has 9 heteroatoms. The third-order valence-corrected chi connectivity index (χ3v) is 4.81. The molecule has 0 aliphatic carbocycles. The van der Waals surface area contributed by atoms with Crippen LogP contribution in [0, 0.1) is 10.1 Å². The van der Waals surface area contributed by atoms with Crippen LogP contribution in [-0.4, -0.2) is 22.2 Å². The van der Waals surface area contributed by atoms with Crippen LogP contribution in [0.25, 0.3) is 0 Å². The van der Waals surface area contributed by atoms with Crippen molar-refractivity contribution in [3.05, 3.63) is 70.3 Å². The minimum atomic E-state index is -3.88. The Bertz CT molecular complexity index is 763. The topological polar surface area (TPSA) is 119 Å². The van der Waals surface area contributed by atoms with Crippen LogP contribution in [0.5, 0.6) is 0 Å². The van der Waals surface area contributed by atoms with Crippen LogP contribution in [0.2, 0.25) is 0 Å². The molecule has 0 heterocycles. The molecule has 0 spiro atoms. The highest BCUT2D eigenvalue weighted by Gasteiger charge is 2.23. The summed E-state index contributed by atoms with van der Waals surface area (Å²) in [6.07, 6.45) is -1.35. The van der Waals surface area contributed by atoms with Gasteiger partial charge in [0.25, 0.3) is 5.69 Å². The Balaban J connectivity index is 1.88. The second-order valence-corrected chi connectivity index (χ2v) is 7.11. The highest BCUT2D eigenvalue weighted by atomic mass is 31.2. The average Bonchev–Trinajstić information content (AvgIpc) is 2.59. The monoisotopic (exact) mass is 350 g/mol. The molecule has 2 rings (SSSR count). The molecular weight excluding hydrogens is 335 g/mol. The Morgan fingerprint density at radius 1 is 1.17 bits per heavy atom. The molecule has 8 nitrogen and oxygen atoms in total. The zero-order chi connectivity index (χ0) is 17.6. The number of alkyl carbamates (subject to hydrolysis) is 1. The number of ether oxygens (including phenoxy) is 1. The largest absolute Gasteiger partial charge is 0.445 e. The van der Waals surface area contributed by atoms with E-state index in [4.69, 9.17) is 4.74 Å². The van der Waals surface area contributed by atoms with Gasteiger partial charge in [0, 0.05) is 17.4 Å². The van der Waals surface area contributed by atoms with Crippen molar-refractivity contribution in [2.24, 2.45) is 0 Å². The van der Waals surface area contributed by atoms with E-state index in [0.29, 0.717) is 0 Å². The molecular formula is C15H15N2O6P. The molecule has 0 saturated carbocycles. The molecule has 0 bridgehead atoms. The Labute approximate surface area is 137 Å². The molecule has 0 saturated heterocycles. The van der Waals surface area contributed by atoms with Crippen LogP contribution in [0.4, 0.5) is 10.5 Å². The summed E-state index contributed by atoms with van der Waals surface area (Å²) in [5.41, 5.74) is 0.601. The maximum absolute atomic E-state index is 12.2. The highest BCUT2D eigenvalue weighted by Crippen LogP contribution is 2.37. The number of amides is 1. The first-order chi connectivity index (χ1) is 11.4. The minimum absolute atomic E-state index is 0.0106. The third-order valence-electron chi connectivity index (χ3n) is 3.11. The Kier molecular flexibility index (Phi) is 5.68. The van der Waals surface area contributed by atoms with Gasteiger partial charge in [0.1, 0.15) is 12.9 Å². The van der Waals surface area contributed by atoms with Crippen LogP contribution < -0.4 is 10.6 Å². The first-order valence-electron chi connectivity index (χ1n) is 6.90. The van der Waals surface area contributed by atoms with E-state index in [9.17, 15) is 24.4 Å². The first-order valence-corrected chi connectivity index (χ1v) is 8.74. The first kappa shape index (κ1) is 17.7. The van der Waals surface area contributed by atoms with Crippen molar-refractivity contribution < 1.29 is 23.9 Å². The normalized spacial score (nSPS) is 12.9. The van der Waals surface area contributed by atoms with Crippen molar-refractivity contribution in [2.75, 3.05) is 6.29 Å². The molecule has 0 aromatic heterocycles. The summed E-state index contributed by atoms with van der Waals surface area (Å²) in [5.74, 6) is 0. The minimum Gasteiger partial charge on any atom is -0.445 e. The lowest BCUT2D eigenvalue weighted by molar-refractivity contribution is -0.384. The van der Waals surface area contributed by atoms with Crippen LogP contribution in [0.1, 0.15) is 5.56 Å². The number of hydrogen-bond donors (Lipinski definition) is 2. The van der Waals surface area contributed by atoms with E-state index in [2.05, 4.69) is 5.32 Å². The Hall–Kier alpha value is -2.70. The molecule has 0 aliphatic rings. The Morgan fingerprint density at radius 3 is 2.38 bits per heavy atom. The van der Waals surface area contributed by atoms with Gasteiger partial charge in [-0.1, -0.05) is 30.3 Å². The third kappa shape index (κ3) is 4.91. The fourth-order valence-corrected chi connectivity index (χ4v) is 2.99. The van der Waals surface area contributed by atoms with Gasteiger partial charge in [-0.05, 0) is 17.7 Å². The predicted molar refractivity (Wildman–Crippen MR) is 87.2 cm³/mol. The van der Waals surface area contributed by atoms with Gasteiger partial charge < -0.3 is 14.9 Å². The number of nitro benzene ring substituents is 1. The van der Waals surface area contributed by atoms with Crippen LogP contribution in [0.15, 0.2) is 54.6 Å². The number of carbonyl (C=O) groups excluding carboxylic acids is 1. The lowest BCUT2D eigenvalue weighted by Crippen LogP contribution is -2.27. The van der Waals surface area contributed by atoms with Crippen molar-refractivity contribution in [2.45, 2.75) is 6.61 Å². The summed E-state index contributed by atoms with van der Waals surface area (Å²) < 4.78 is 17.1. The van der Waals surface area contributed by atoms with E-state index in [1.54, 1.807) is 24.3 Å². The fraction of sp³-hybridized carbons (Fsp3) is 0.133. The number of rotatable bonds is 6. The smallest absolute Gasteiger partial charge is 0.407 e. The van der Waals surface area contributed by atoms with Crippen LogP contribution in [-0.2, 0) is 15.9 Å². The van der Waals surface area contributed by atoms with Gasteiger partial charge in [-0.25, -0.2) is 4.79 Å². The molecule has 2 aromatic rings. The van der Waals surface area contributed by atoms with Gasteiger partial charge in [-0.2, -0.15) is 0 Å². The van der Waals surface area contributed by atoms with Crippen LogP contribution >= 0.6 is 7.37 Å². The second-order valence-electron chi connectivity index (χ2n) is 4.87. The van der Waals surface area contributed by atoms with Crippen molar-refractivity contribution in [3.63, 3.8) is 0 Å². The van der Waals surface area contributed by atoms with Crippen molar-refractivity contribution in [1.82, 2.24) is 5.32 Å². The predicted octanol–water partition coefficient (Wildman–Crippen LogP) is 2.37. The zero-order valence-electron chi connectivity index (χ0n) is 12.5. The fourth-order valence-electron chi connectivity index (χ4n) is 1.84. The molecule has 24 heavy (non-hydrogen) atoms. The SMILES string of the molecule is O=C(NCP(=O)(O)c1ccc([N+](=O)[O-])cc1)OCc1ccccc1. The lowest BCUT2D eigenvalue weighted by atomic mass is 10.2. The number of nitrogens with zero attached hydrogens (tertiary/aromatic N) is 1. The number of nitrogens with one attached hydrogen (secondary N) is 1. The second kappa shape index (κ2) is 7.72. The maximum Gasteiger partial charge on any atom is 0.407 e. The summed E-state index contributed by atoms with van der Waals surface area (Å²) in [4.78, 5) is 31.5. The summed E-state index contributed by atoms with van der Waals surface area (Å²) in [6, 6.07) is 13.6. The van der Waals surface area contributed by atoms with Gasteiger partial charge >= 0.3 is 6.09 Å². The van der Waals surface area contributed by atoms with Gasteiger partial charge in [-0.15, -0.1) is 0 Å². The Morgan fingerprint density at radius 2 is 1.79 bits per heavy atom. The number of non-ortho nitro benzene ring substituents is 1. The maximum atomic E-state index is 12.2. The standard InChI is InChI=1S/C15H15N2O6P/c18-15(23-10-12-4-2-1-3-5-12)16-11-24(21,22)14-8-6-13(7-9-14)17(19)20/h1-9H,10-11H2,(H,16,18)(H,21,22). The van der Waals surface area contributed by atoms with E-state index in [-0.39, 0.29) is 17.6 Å². The lowest BCUT2D eigenvalue weighted by Gasteiger charge is -2.13. The average molecular weight is 350 g/mol. The van der Waals surface area contributed by atoms with Gasteiger partial charge in [-0.3, -0.25) is 14.7 Å².